The van der Waals surface area contributed by atoms with Crippen molar-refractivity contribution >= 4 is 41.0 Å². The Hall–Kier alpha value is -2.19. The van der Waals surface area contributed by atoms with Crippen molar-refractivity contribution in [2.45, 2.75) is 17.4 Å². The van der Waals surface area contributed by atoms with E-state index in [0.29, 0.717) is 5.95 Å². The molecule has 0 fully saturated rings. The van der Waals surface area contributed by atoms with Crippen LogP contribution >= 0.6 is 24.0 Å². The lowest BCUT2D eigenvalue weighted by Crippen LogP contribution is -2.34. The smallest absolute Gasteiger partial charge is 0.305 e. The Kier molecular flexibility index (Phi) is 6.30. The van der Waals surface area contributed by atoms with Crippen molar-refractivity contribution < 1.29 is 9.90 Å². The largest absolute Gasteiger partial charge is 0.481 e. The molecule has 2 rings (SSSR count). The second kappa shape index (κ2) is 8.44. The molecule has 1 atom stereocenters. The highest BCUT2D eigenvalue weighted by molar-refractivity contribution is 7.98. The summed E-state index contributed by atoms with van der Waals surface area (Å²) >= 11 is 6.84. The van der Waals surface area contributed by atoms with Gasteiger partial charge in [-0.1, -0.05) is 12.1 Å². The lowest BCUT2D eigenvalue weighted by atomic mass is 10.0. The zero-order chi connectivity index (χ0) is 16.7. The number of thioether (sulfide) groups is 1. The molecule has 120 valence electrons. The summed E-state index contributed by atoms with van der Waals surface area (Å²) in [6, 6.07) is 8.96. The van der Waals surface area contributed by atoms with Crippen molar-refractivity contribution in [2.75, 3.05) is 11.6 Å². The van der Waals surface area contributed by atoms with Crippen LogP contribution in [0.15, 0.2) is 47.6 Å². The normalized spacial score (nSPS) is 11.5. The number of rotatable bonds is 6. The van der Waals surface area contributed by atoms with Gasteiger partial charge < -0.3 is 15.7 Å². The third-order valence-electron chi connectivity index (χ3n) is 2.99. The third kappa shape index (κ3) is 5.50. The topological polar surface area (TPSA) is 87.1 Å². The van der Waals surface area contributed by atoms with Gasteiger partial charge in [0.25, 0.3) is 0 Å². The molecular weight excluding hydrogens is 332 g/mol. The highest BCUT2D eigenvalue weighted by Gasteiger charge is 2.17. The number of hydrogen-bond donors (Lipinski definition) is 3. The molecule has 0 saturated heterocycles. The summed E-state index contributed by atoms with van der Waals surface area (Å²) in [5.74, 6) is -0.549. The van der Waals surface area contributed by atoms with Crippen LogP contribution in [0.1, 0.15) is 18.0 Å². The fourth-order valence-corrected chi connectivity index (χ4v) is 2.56. The summed E-state index contributed by atoms with van der Waals surface area (Å²) in [4.78, 5) is 20.3. The summed E-state index contributed by atoms with van der Waals surface area (Å²) in [6.45, 7) is 0. The second-order valence-electron chi connectivity index (χ2n) is 4.59. The van der Waals surface area contributed by atoms with Gasteiger partial charge in [-0.3, -0.25) is 4.79 Å². The standard InChI is InChI=1S/C15H16N4O2S2/c1-23-11-5-3-10(4-6-11)12(9-13(20)21)18-15(22)19-14-16-7-2-8-17-14/h2-8,12H,9H2,1H3,(H,20,21)(H2,16,17,18,19,22)/t12-/m1/s1. The van der Waals surface area contributed by atoms with E-state index in [1.54, 1.807) is 30.2 Å². The van der Waals surface area contributed by atoms with Gasteiger partial charge >= 0.3 is 5.97 Å². The second-order valence-corrected chi connectivity index (χ2v) is 5.88. The minimum atomic E-state index is -0.907. The van der Waals surface area contributed by atoms with Crippen LogP contribution in [-0.4, -0.2) is 32.4 Å². The van der Waals surface area contributed by atoms with E-state index in [2.05, 4.69) is 20.6 Å². The molecule has 0 aliphatic rings. The predicted molar refractivity (Wildman–Crippen MR) is 94.6 cm³/mol. The number of nitrogens with one attached hydrogen (secondary N) is 2. The van der Waals surface area contributed by atoms with E-state index in [-0.39, 0.29) is 11.5 Å². The number of hydrogen-bond acceptors (Lipinski definition) is 5. The van der Waals surface area contributed by atoms with Gasteiger partial charge in [0.1, 0.15) is 0 Å². The van der Waals surface area contributed by atoms with E-state index < -0.39 is 12.0 Å². The Bertz CT molecular complexity index is 665. The number of carboxylic acid groups (broad SMARTS) is 1. The van der Waals surface area contributed by atoms with Gasteiger partial charge in [0.2, 0.25) is 5.95 Å². The van der Waals surface area contributed by atoms with Gasteiger partial charge in [0, 0.05) is 17.3 Å². The molecule has 0 amide bonds. The van der Waals surface area contributed by atoms with Gasteiger partial charge in [0.15, 0.2) is 5.11 Å². The molecule has 3 N–H and O–H groups in total. The van der Waals surface area contributed by atoms with Crippen LogP contribution in [0.5, 0.6) is 0 Å². The molecule has 0 aliphatic heterocycles. The number of thiocarbonyl (C=S) groups is 1. The van der Waals surface area contributed by atoms with Crippen molar-refractivity contribution in [3.8, 4) is 0 Å². The molecule has 0 spiro atoms. The van der Waals surface area contributed by atoms with Crippen LogP contribution in [0.3, 0.4) is 0 Å². The van der Waals surface area contributed by atoms with Crippen LogP contribution in [0, 0.1) is 0 Å². The maximum absolute atomic E-state index is 11.1. The molecule has 0 bridgehead atoms. The quantitative estimate of drug-likeness (QED) is 0.542. The monoisotopic (exact) mass is 348 g/mol. The molecule has 0 aliphatic carbocycles. The van der Waals surface area contributed by atoms with Crippen LogP contribution in [0.4, 0.5) is 5.95 Å². The summed E-state index contributed by atoms with van der Waals surface area (Å²) in [7, 11) is 0. The van der Waals surface area contributed by atoms with Crippen LogP contribution in [0.2, 0.25) is 0 Å². The van der Waals surface area contributed by atoms with Gasteiger partial charge in [-0.2, -0.15) is 0 Å². The van der Waals surface area contributed by atoms with E-state index in [1.807, 2.05) is 30.5 Å². The fraction of sp³-hybridized carbons (Fsp3) is 0.200. The molecular formula is C15H16N4O2S2. The van der Waals surface area contributed by atoms with Crippen molar-refractivity contribution in [3.05, 3.63) is 48.3 Å². The number of nitrogens with zero attached hydrogens (tertiary/aromatic N) is 2. The molecule has 1 aromatic carbocycles. The number of aliphatic carboxylic acids is 1. The average molecular weight is 348 g/mol. The SMILES string of the molecule is CSc1ccc([C@@H](CC(=O)O)NC(=S)Nc2ncccn2)cc1. The number of benzene rings is 1. The zero-order valence-electron chi connectivity index (χ0n) is 12.4. The number of carboxylic acids is 1. The van der Waals surface area contributed by atoms with Gasteiger partial charge in [0.05, 0.1) is 12.5 Å². The van der Waals surface area contributed by atoms with Crippen molar-refractivity contribution in [1.82, 2.24) is 15.3 Å². The Morgan fingerprint density at radius 1 is 1.30 bits per heavy atom. The van der Waals surface area contributed by atoms with Gasteiger partial charge in [-0.05, 0) is 42.2 Å². The third-order valence-corrected chi connectivity index (χ3v) is 3.96. The van der Waals surface area contributed by atoms with E-state index in [1.165, 1.54) is 0 Å². The van der Waals surface area contributed by atoms with Gasteiger partial charge in [-0.15, -0.1) is 11.8 Å². The summed E-state index contributed by atoms with van der Waals surface area (Å²) < 4.78 is 0. The van der Waals surface area contributed by atoms with E-state index in [9.17, 15) is 4.79 Å². The highest BCUT2D eigenvalue weighted by atomic mass is 32.2. The first-order valence-electron chi connectivity index (χ1n) is 6.79. The molecule has 1 aromatic heterocycles. The molecule has 6 nitrogen and oxygen atoms in total. The summed E-state index contributed by atoms with van der Waals surface area (Å²) in [5.41, 5.74) is 0.850. The number of carbonyl (C=O) groups is 1. The van der Waals surface area contributed by atoms with Crippen LogP contribution in [0.25, 0.3) is 0 Å². The maximum Gasteiger partial charge on any atom is 0.305 e. The van der Waals surface area contributed by atoms with E-state index >= 15 is 0 Å². The molecule has 0 radical (unpaired) electrons. The minimum Gasteiger partial charge on any atom is -0.481 e. The number of anilines is 1. The minimum absolute atomic E-state index is 0.0872. The van der Waals surface area contributed by atoms with Gasteiger partial charge in [-0.25, -0.2) is 9.97 Å². The maximum atomic E-state index is 11.1. The molecule has 0 saturated carbocycles. The first-order chi connectivity index (χ1) is 11.1. The van der Waals surface area contributed by atoms with E-state index in [4.69, 9.17) is 17.3 Å². The first-order valence-corrected chi connectivity index (χ1v) is 8.42. The predicted octanol–water partition coefficient (Wildman–Crippen LogP) is 2.70. The molecule has 1 heterocycles. The zero-order valence-corrected chi connectivity index (χ0v) is 14.0. The lowest BCUT2D eigenvalue weighted by Gasteiger charge is -2.19. The van der Waals surface area contributed by atoms with Crippen molar-refractivity contribution in [3.63, 3.8) is 0 Å². The highest BCUT2D eigenvalue weighted by Crippen LogP contribution is 2.21. The fourth-order valence-electron chi connectivity index (χ4n) is 1.92. The molecule has 8 heteroatoms. The Morgan fingerprint density at radius 3 is 2.52 bits per heavy atom. The average Bonchev–Trinajstić information content (AvgIpc) is 2.55. The summed E-state index contributed by atoms with van der Waals surface area (Å²) in [6.07, 6.45) is 5.08. The Balaban J connectivity index is 2.08. The Labute approximate surface area is 143 Å². The van der Waals surface area contributed by atoms with Crippen molar-refractivity contribution in [2.24, 2.45) is 0 Å². The van der Waals surface area contributed by atoms with Crippen molar-refractivity contribution in [1.29, 1.82) is 0 Å². The van der Waals surface area contributed by atoms with E-state index in [0.717, 1.165) is 10.5 Å². The number of aromatic nitrogens is 2. The molecule has 2 aromatic rings. The summed E-state index contributed by atoms with van der Waals surface area (Å²) in [5, 5.41) is 15.2. The Morgan fingerprint density at radius 2 is 1.96 bits per heavy atom. The molecule has 0 unspecified atom stereocenters. The lowest BCUT2D eigenvalue weighted by molar-refractivity contribution is -0.137. The van der Waals surface area contributed by atoms with Crippen LogP contribution < -0.4 is 10.6 Å². The first kappa shape index (κ1) is 17.2. The molecule has 23 heavy (non-hydrogen) atoms. The van der Waals surface area contributed by atoms with Crippen LogP contribution in [-0.2, 0) is 4.79 Å².